The van der Waals surface area contributed by atoms with Gasteiger partial charge in [0.05, 0.1) is 12.6 Å². The highest BCUT2D eigenvalue weighted by Gasteiger charge is 2.11. The van der Waals surface area contributed by atoms with Crippen LogP contribution in [0, 0.1) is 3.70 Å². The molecule has 0 radical (unpaired) electrons. The number of halogens is 1. The Hall–Kier alpha value is -2.09. The number of nitrogens with zero attached hydrogens (tertiary/aromatic N) is 2. The maximum Gasteiger partial charge on any atom is 0.255 e. The van der Waals surface area contributed by atoms with Crippen molar-refractivity contribution in [2.24, 2.45) is 7.05 Å². The van der Waals surface area contributed by atoms with E-state index in [2.05, 4.69) is 33.0 Å². The van der Waals surface area contributed by atoms with Gasteiger partial charge in [-0.2, -0.15) is 5.10 Å². The van der Waals surface area contributed by atoms with Crippen LogP contribution in [0.15, 0.2) is 42.5 Å². The highest BCUT2D eigenvalue weighted by atomic mass is 127. The average Bonchev–Trinajstić information content (AvgIpc) is 2.82. The van der Waals surface area contributed by atoms with Crippen LogP contribution in [0.5, 0.6) is 5.75 Å². The lowest BCUT2D eigenvalue weighted by Crippen LogP contribution is -2.11. The fourth-order valence-electron chi connectivity index (χ4n) is 2.24. The predicted molar refractivity (Wildman–Crippen MR) is 94.4 cm³/mol. The molecule has 6 heteroatoms. The molecule has 1 amide bonds. The number of carbonyl (C=O) groups is 1. The predicted octanol–water partition coefficient (Wildman–Crippen LogP) is 3.44. The van der Waals surface area contributed by atoms with Gasteiger partial charge in [0.2, 0.25) is 0 Å². The number of aromatic nitrogens is 2. The van der Waals surface area contributed by atoms with Crippen molar-refractivity contribution in [2.45, 2.75) is 0 Å². The second-order valence-corrected chi connectivity index (χ2v) is 5.85. The van der Waals surface area contributed by atoms with E-state index in [1.807, 2.05) is 48.1 Å². The summed E-state index contributed by atoms with van der Waals surface area (Å²) in [4.78, 5) is 12.4. The zero-order valence-corrected chi connectivity index (χ0v) is 14.3. The Labute approximate surface area is 141 Å². The third kappa shape index (κ3) is 2.78. The number of aryl methyl sites for hydroxylation is 1. The molecule has 3 aromatic rings. The number of benzene rings is 2. The second-order valence-electron chi connectivity index (χ2n) is 4.83. The average molecular weight is 407 g/mol. The van der Waals surface area contributed by atoms with Gasteiger partial charge in [0, 0.05) is 23.7 Å². The molecule has 112 valence electrons. The van der Waals surface area contributed by atoms with E-state index in [1.165, 1.54) is 0 Å². The smallest absolute Gasteiger partial charge is 0.255 e. The zero-order valence-electron chi connectivity index (χ0n) is 12.1. The van der Waals surface area contributed by atoms with E-state index in [1.54, 1.807) is 13.2 Å². The van der Waals surface area contributed by atoms with Gasteiger partial charge in [-0.1, -0.05) is 0 Å². The Morgan fingerprint density at radius 3 is 2.64 bits per heavy atom. The Kier molecular flexibility index (Phi) is 4.02. The summed E-state index contributed by atoms with van der Waals surface area (Å²) in [6.45, 7) is 0. The maximum absolute atomic E-state index is 12.4. The molecule has 5 nitrogen and oxygen atoms in total. The second kappa shape index (κ2) is 5.96. The molecule has 0 aliphatic carbocycles. The summed E-state index contributed by atoms with van der Waals surface area (Å²) in [5.74, 6) is 0.607. The third-order valence-electron chi connectivity index (χ3n) is 3.42. The Balaban J connectivity index is 1.86. The van der Waals surface area contributed by atoms with E-state index in [0.717, 1.165) is 26.0 Å². The van der Waals surface area contributed by atoms with Crippen molar-refractivity contribution in [2.75, 3.05) is 12.4 Å². The Bertz CT molecular complexity index is 840. The van der Waals surface area contributed by atoms with E-state index in [4.69, 9.17) is 4.74 Å². The molecule has 1 heterocycles. The first kappa shape index (κ1) is 14.8. The van der Waals surface area contributed by atoms with Gasteiger partial charge in [0.15, 0.2) is 0 Å². The molecule has 2 aromatic carbocycles. The largest absolute Gasteiger partial charge is 0.497 e. The molecule has 0 saturated carbocycles. The van der Waals surface area contributed by atoms with Crippen LogP contribution in [0.25, 0.3) is 10.9 Å². The number of ether oxygens (including phenoxy) is 1. The van der Waals surface area contributed by atoms with Gasteiger partial charge < -0.3 is 10.1 Å². The lowest BCUT2D eigenvalue weighted by molar-refractivity contribution is 0.102. The monoisotopic (exact) mass is 407 g/mol. The summed E-state index contributed by atoms with van der Waals surface area (Å²) in [5.41, 5.74) is 2.34. The van der Waals surface area contributed by atoms with E-state index in [0.29, 0.717) is 5.56 Å². The number of amides is 1. The number of anilines is 1. The minimum atomic E-state index is -0.147. The normalized spacial score (nSPS) is 10.7. The van der Waals surface area contributed by atoms with E-state index in [9.17, 15) is 4.79 Å². The van der Waals surface area contributed by atoms with Crippen LogP contribution in [0.4, 0.5) is 5.69 Å². The molecule has 1 aromatic heterocycles. The SMILES string of the molecule is COc1ccc(NC(=O)c2ccc3c(c2)c(I)nn3C)cc1. The van der Waals surface area contributed by atoms with Gasteiger partial charge in [0.1, 0.15) is 9.45 Å². The minimum absolute atomic E-state index is 0.147. The van der Waals surface area contributed by atoms with Gasteiger partial charge in [-0.3, -0.25) is 9.48 Å². The molecule has 1 N–H and O–H groups in total. The highest BCUT2D eigenvalue weighted by Crippen LogP contribution is 2.22. The summed E-state index contributed by atoms with van der Waals surface area (Å²) in [5, 5.41) is 8.21. The van der Waals surface area contributed by atoms with Crippen LogP contribution in [-0.2, 0) is 7.05 Å². The fourth-order valence-corrected chi connectivity index (χ4v) is 3.00. The highest BCUT2D eigenvalue weighted by molar-refractivity contribution is 14.1. The molecule has 0 saturated heterocycles. The number of fused-ring (bicyclic) bond motifs is 1. The molecule has 3 rings (SSSR count). The van der Waals surface area contributed by atoms with Gasteiger partial charge in [-0.05, 0) is 65.1 Å². The van der Waals surface area contributed by atoms with Gasteiger partial charge >= 0.3 is 0 Å². The number of hydrogen-bond acceptors (Lipinski definition) is 3. The molecule has 0 spiro atoms. The number of hydrogen-bond donors (Lipinski definition) is 1. The summed E-state index contributed by atoms with van der Waals surface area (Å²) in [7, 11) is 3.50. The Morgan fingerprint density at radius 2 is 1.95 bits per heavy atom. The van der Waals surface area contributed by atoms with Crippen LogP contribution in [0.3, 0.4) is 0 Å². The molecule has 0 unspecified atom stereocenters. The molecule has 22 heavy (non-hydrogen) atoms. The van der Waals surface area contributed by atoms with Crippen LogP contribution in [0.1, 0.15) is 10.4 Å². The standard InChI is InChI=1S/C16H14IN3O2/c1-20-14-8-3-10(9-13(14)15(17)19-20)16(21)18-11-4-6-12(22-2)7-5-11/h3-9H,1-2H3,(H,18,21). The number of nitrogens with one attached hydrogen (secondary N) is 1. The van der Waals surface area contributed by atoms with Crippen LogP contribution >= 0.6 is 22.6 Å². The van der Waals surface area contributed by atoms with Gasteiger partial charge in [-0.15, -0.1) is 0 Å². The van der Waals surface area contributed by atoms with E-state index < -0.39 is 0 Å². The van der Waals surface area contributed by atoms with Crippen LogP contribution in [-0.4, -0.2) is 22.8 Å². The van der Waals surface area contributed by atoms with Crippen LogP contribution in [0.2, 0.25) is 0 Å². The lowest BCUT2D eigenvalue weighted by Gasteiger charge is -2.06. The van der Waals surface area contributed by atoms with E-state index >= 15 is 0 Å². The molecule has 0 bridgehead atoms. The molecule has 0 aliphatic heterocycles. The minimum Gasteiger partial charge on any atom is -0.497 e. The molecule has 0 aliphatic rings. The summed E-state index contributed by atoms with van der Waals surface area (Å²) in [6, 6.07) is 12.8. The summed E-state index contributed by atoms with van der Waals surface area (Å²) >= 11 is 2.17. The molecule has 0 atom stereocenters. The number of carbonyl (C=O) groups excluding carboxylic acids is 1. The molecule has 0 fully saturated rings. The van der Waals surface area contributed by atoms with Gasteiger partial charge in [-0.25, -0.2) is 0 Å². The van der Waals surface area contributed by atoms with Crippen molar-refractivity contribution in [3.8, 4) is 5.75 Å². The first-order chi connectivity index (χ1) is 10.6. The first-order valence-corrected chi connectivity index (χ1v) is 7.74. The molecular formula is C16H14IN3O2. The number of methoxy groups -OCH3 is 1. The first-order valence-electron chi connectivity index (χ1n) is 6.66. The Morgan fingerprint density at radius 1 is 1.23 bits per heavy atom. The van der Waals surface area contributed by atoms with Crippen molar-refractivity contribution >= 4 is 45.1 Å². The summed E-state index contributed by atoms with van der Waals surface area (Å²) < 4.78 is 7.79. The quantitative estimate of drug-likeness (QED) is 0.677. The lowest BCUT2D eigenvalue weighted by atomic mass is 10.1. The topological polar surface area (TPSA) is 56.1 Å². The molecular weight excluding hydrogens is 393 g/mol. The van der Waals surface area contributed by atoms with E-state index in [-0.39, 0.29) is 5.91 Å². The fraction of sp³-hybridized carbons (Fsp3) is 0.125. The maximum atomic E-state index is 12.4. The van der Waals surface area contributed by atoms with Crippen molar-refractivity contribution in [1.29, 1.82) is 0 Å². The van der Waals surface area contributed by atoms with Crippen molar-refractivity contribution in [1.82, 2.24) is 9.78 Å². The number of rotatable bonds is 3. The summed E-state index contributed by atoms with van der Waals surface area (Å²) in [6.07, 6.45) is 0. The van der Waals surface area contributed by atoms with Crippen molar-refractivity contribution < 1.29 is 9.53 Å². The van der Waals surface area contributed by atoms with Crippen molar-refractivity contribution in [3.63, 3.8) is 0 Å². The third-order valence-corrected chi connectivity index (χ3v) is 4.21. The zero-order chi connectivity index (χ0) is 15.7. The van der Waals surface area contributed by atoms with Crippen molar-refractivity contribution in [3.05, 3.63) is 51.7 Å². The van der Waals surface area contributed by atoms with Crippen LogP contribution < -0.4 is 10.1 Å². The van der Waals surface area contributed by atoms with Gasteiger partial charge in [0.25, 0.3) is 5.91 Å².